The van der Waals surface area contributed by atoms with E-state index in [9.17, 15) is 4.79 Å². The van der Waals surface area contributed by atoms with Crippen LogP contribution < -0.4 is 4.90 Å². The minimum atomic E-state index is -0.409. The number of carbonyl (C=O) groups is 1. The Morgan fingerprint density at radius 2 is 1.89 bits per heavy atom. The van der Waals surface area contributed by atoms with E-state index in [-0.39, 0.29) is 11.8 Å². The fraction of sp³-hybridized carbons (Fsp3) is 0.500. The van der Waals surface area contributed by atoms with Gasteiger partial charge in [0, 0.05) is 43.4 Å². The maximum atomic E-state index is 11.7. The molecule has 0 saturated carbocycles. The third kappa shape index (κ3) is 3.87. The number of aryl methyl sites for hydroxylation is 1. The van der Waals surface area contributed by atoms with Crippen LogP contribution in [0.5, 0.6) is 0 Å². The van der Waals surface area contributed by atoms with Crippen molar-refractivity contribution in [3.63, 3.8) is 0 Å². The zero-order valence-corrected chi connectivity index (χ0v) is 16.5. The van der Waals surface area contributed by atoms with Crippen molar-refractivity contribution < 1.29 is 9.90 Å². The molecule has 1 aromatic heterocycles. The molecular formula is C22H28N4O2. The van der Waals surface area contributed by atoms with Crippen molar-refractivity contribution in [2.24, 2.45) is 0 Å². The number of rotatable bonds is 4. The highest BCUT2D eigenvalue weighted by molar-refractivity contribution is 5.77. The number of aliphatic hydroxyl groups excluding tert-OH is 1. The Morgan fingerprint density at radius 1 is 1.14 bits per heavy atom. The van der Waals surface area contributed by atoms with E-state index in [0.29, 0.717) is 13.1 Å². The number of anilines is 1. The van der Waals surface area contributed by atoms with Gasteiger partial charge in [-0.2, -0.15) is 0 Å². The van der Waals surface area contributed by atoms with Crippen LogP contribution in [0.1, 0.15) is 47.8 Å². The summed E-state index contributed by atoms with van der Waals surface area (Å²) in [5, 5.41) is 9.07. The Bertz CT molecular complexity index is 832. The SMILES string of the molecule is Cc1nc(C2CCN(C(=O)CO)CC2)nc2c1CCCN2Cc1ccccc1. The summed E-state index contributed by atoms with van der Waals surface area (Å²) in [6, 6.07) is 10.5. The van der Waals surface area contributed by atoms with E-state index in [1.54, 1.807) is 4.90 Å². The average molecular weight is 380 g/mol. The maximum Gasteiger partial charge on any atom is 0.248 e. The molecule has 2 aliphatic heterocycles. The molecule has 1 fully saturated rings. The van der Waals surface area contributed by atoms with Gasteiger partial charge in [0.1, 0.15) is 18.2 Å². The fourth-order valence-electron chi connectivity index (χ4n) is 4.34. The second-order valence-corrected chi connectivity index (χ2v) is 7.79. The molecule has 0 unspecified atom stereocenters. The normalized spacial score (nSPS) is 17.5. The Kier molecular flexibility index (Phi) is 5.57. The second kappa shape index (κ2) is 8.27. The van der Waals surface area contributed by atoms with Gasteiger partial charge in [0.2, 0.25) is 5.91 Å². The van der Waals surface area contributed by atoms with Crippen LogP contribution in [0, 0.1) is 6.92 Å². The van der Waals surface area contributed by atoms with Crippen molar-refractivity contribution >= 4 is 11.7 Å². The van der Waals surface area contributed by atoms with Crippen LogP contribution in [0.4, 0.5) is 5.82 Å². The lowest BCUT2D eigenvalue weighted by Crippen LogP contribution is -2.40. The quantitative estimate of drug-likeness (QED) is 0.882. The summed E-state index contributed by atoms with van der Waals surface area (Å²) in [5.41, 5.74) is 3.66. The minimum absolute atomic E-state index is 0.185. The van der Waals surface area contributed by atoms with Crippen LogP contribution in [0.15, 0.2) is 30.3 Å². The largest absolute Gasteiger partial charge is 0.387 e. The molecule has 0 bridgehead atoms. The summed E-state index contributed by atoms with van der Waals surface area (Å²) in [5.74, 6) is 2.08. The molecule has 6 nitrogen and oxygen atoms in total. The summed E-state index contributed by atoms with van der Waals surface area (Å²) < 4.78 is 0. The lowest BCUT2D eigenvalue weighted by Gasteiger charge is -2.34. The molecule has 1 aromatic carbocycles. The first kappa shape index (κ1) is 18.9. The Labute approximate surface area is 166 Å². The lowest BCUT2D eigenvalue weighted by molar-refractivity contribution is -0.135. The minimum Gasteiger partial charge on any atom is -0.387 e. The molecule has 1 amide bonds. The van der Waals surface area contributed by atoms with E-state index in [1.807, 2.05) is 6.07 Å². The third-order valence-electron chi connectivity index (χ3n) is 5.93. The van der Waals surface area contributed by atoms with E-state index < -0.39 is 6.61 Å². The van der Waals surface area contributed by atoms with Gasteiger partial charge in [-0.15, -0.1) is 0 Å². The number of hydrogen-bond acceptors (Lipinski definition) is 5. The highest BCUT2D eigenvalue weighted by Gasteiger charge is 2.28. The van der Waals surface area contributed by atoms with Crippen molar-refractivity contribution in [3.05, 3.63) is 53.0 Å². The van der Waals surface area contributed by atoms with Gasteiger partial charge in [0.05, 0.1) is 0 Å². The summed E-state index contributed by atoms with van der Waals surface area (Å²) >= 11 is 0. The molecule has 0 atom stereocenters. The number of benzene rings is 1. The molecule has 6 heteroatoms. The van der Waals surface area contributed by atoms with Crippen molar-refractivity contribution in [2.45, 2.75) is 45.1 Å². The van der Waals surface area contributed by atoms with Gasteiger partial charge >= 0.3 is 0 Å². The van der Waals surface area contributed by atoms with Crippen molar-refractivity contribution in [2.75, 3.05) is 31.1 Å². The maximum absolute atomic E-state index is 11.7. The molecular weight excluding hydrogens is 352 g/mol. The van der Waals surface area contributed by atoms with E-state index in [1.165, 1.54) is 11.1 Å². The van der Waals surface area contributed by atoms with Gasteiger partial charge < -0.3 is 14.9 Å². The van der Waals surface area contributed by atoms with Crippen molar-refractivity contribution in [3.8, 4) is 0 Å². The first-order chi connectivity index (χ1) is 13.7. The number of nitrogens with zero attached hydrogens (tertiary/aromatic N) is 4. The molecule has 3 heterocycles. The summed E-state index contributed by atoms with van der Waals surface area (Å²) in [7, 11) is 0. The van der Waals surface area contributed by atoms with Crippen molar-refractivity contribution in [1.29, 1.82) is 0 Å². The number of hydrogen-bond donors (Lipinski definition) is 1. The average Bonchev–Trinajstić information content (AvgIpc) is 2.74. The molecule has 0 spiro atoms. The standard InChI is InChI=1S/C22H28N4O2/c1-16-19-8-5-11-26(14-17-6-3-2-4-7-17)22(19)24-21(23-16)18-9-12-25(13-10-18)20(28)15-27/h2-4,6-7,18,27H,5,8-15H2,1H3. The molecule has 28 heavy (non-hydrogen) atoms. The monoisotopic (exact) mass is 380 g/mol. The van der Waals surface area contributed by atoms with Gasteiger partial charge in [-0.05, 0) is 38.2 Å². The molecule has 148 valence electrons. The first-order valence-corrected chi connectivity index (χ1v) is 10.2. The number of aliphatic hydroxyl groups is 1. The molecule has 1 saturated heterocycles. The van der Waals surface area contributed by atoms with Crippen LogP contribution in [-0.4, -0.2) is 52.1 Å². The zero-order chi connectivity index (χ0) is 19.5. The predicted octanol–water partition coefficient (Wildman–Crippen LogP) is 2.44. The van der Waals surface area contributed by atoms with Gasteiger partial charge in [-0.3, -0.25) is 4.79 Å². The molecule has 2 aromatic rings. The highest BCUT2D eigenvalue weighted by atomic mass is 16.3. The number of fused-ring (bicyclic) bond motifs is 1. The highest BCUT2D eigenvalue weighted by Crippen LogP contribution is 2.32. The van der Waals surface area contributed by atoms with Crippen LogP contribution >= 0.6 is 0 Å². The number of carbonyl (C=O) groups excluding carboxylic acids is 1. The molecule has 0 aliphatic carbocycles. The van der Waals surface area contributed by atoms with Crippen molar-refractivity contribution in [1.82, 2.24) is 14.9 Å². The van der Waals surface area contributed by atoms with Crippen LogP contribution in [0.3, 0.4) is 0 Å². The van der Waals surface area contributed by atoms with Gasteiger partial charge in [0.15, 0.2) is 0 Å². The van der Waals surface area contributed by atoms with Crippen LogP contribution in [0.25, 0.3) is 0 Å². The van der Waals surface area contributed by atoms with Gasteiger partial charge in [-0.1, -0.05) is 30.3 Å². The van der Waals surface area contributed by atoms with Crippen LogP contribution in [0.2, 0.25) is 0 Å². The van der Waals surface area contributed by atoms with Gasteiger partial charge in [-0.25, -0.2) is 9.97 Å². The second-order valence-electron chi connectivity index (χ2n) is 7.79. The fourth-order valence-corrected chi connectivity index (χ4v) is 4.34. The topological polar surface area (TPSA) is 69.6 Å². The summed E-state index contributed by atoms with van der Waals surface area (Å²) in [6.07, 6.45) is 3.87. The molecule has 1 N–H and O–H groups in total. The van der Waals surface area contributed by atoms with E-state index in [0.717, 1.165) is 56.1 Å². The van der Waals surface area contributed by atoms with E-state index in [2.05, 4.69) is 36.1 Å². The van der Waals surface area contributed by atoms with E-state index >= 15 is 0 Å². The molecule has 4 rings (SSSR count). The van der Waals surface area contributed by atoms with Gasteiger partial charge in [0.25, 0.3) is 0 Å². The Balaban J connectivity index is 1.55. The van der Waals surface area contributed by atoms with E-state index in [4.69, 9.17) is 15.1 Å². The number of piperidine rings is 1. The zero-order valence-electron chi connectivity index (χ0n) is 16.5. The third-order valence-corrected chi connectivity index (χ3v) is 5.93. The number of aromatic nitrogens is 2. The first-order valence-electron chi connectivity index (χ1n) is 10.2. The Morgan fingerprint density at radius 3 is 2.61 bits per heavy atom. The van der Waals surface area contributed by atoms with Crippen LogP contribution in [-0.2, 0) is 17.8 Å². The smallest absolute Gasteiger partial charge is 0.248 e. The predicted molar refractivity (Wildman–Crippen MR) is 108 cm³/mol. The lowest BCUT2D eigenvalue weighted by atomic mass is 9.95. The number of likely N-dealkylation sites (tertiary alicyclic amines) is 1. The summed E-state index contributed by atoms with van der Waals surface area (Å²) in [4.78, 5) is 25.7. The molecule has 0 radical (unpaired) electrons. The summed E-state index contributed by atoms with van der Waals surface area (Å²) in [6.45, 7) is 4.90. The number of amides is 1. The Hall–Kier alpha value is -2.47. The molecule has 2 aliphatic rings.